The van der Waals surface area contributed by atoms with E-state index in [9.17, 15) is 4.79 Å². The highest BCUT2D eigenvalue weighted by Gasteiger charge is 2.19. The van der Waals surface area contributed by atoms with Gasteiger partial charge in [-0.15, -0.1) is 5.10 Å². The lowest BCUT2D eigenvalue weighted by molar-refractivity contribution is 0.0587. The Hall–Kier alpha value is -1.98. The van der Waals surface area contributed by atoms with Crippen LogP contribution in [0.1, 0.15) is 34.7 Å². The first kappa shape index (κ1) is 10.2. The van der Waals surface area contributed by atoms with E-state index in [0.29, 0.717) is 5.78 Å². The molecule has 0 fully saturated rings. The van der Waals surface area contributed by atoms with Gasteiger partial charge in [-0.05, 0) is 31.2 Å². The van der Waals surface area contributed by atoms with Crippen LogP contribution in [-0.2, 0) is 17.6 Å². The second-order valence-electron chi connectivity index (χ2n) is 4.08. The van der Waals surface area contributed by atoms with Crippen LogP contribution in [0.5, 0.6) is 0 Å². The van der Waals surface area contributed by atoms with E-state index >= 15 is 0 Å². The molecule has 2 aromatic heterocycles. The summed E-state index contributed by atoms with van der Waals surface area (Å²) in [5, 5.41) is 4.17. The molecular weight excluding hydrogens is 220 g/mol. The molecular formula is C11H12N4O2. The molecule has 0 spiro atoms. The average Bonchev–Trinajstić information content (AvgIpc) is 2.82. The van der Waals surface area contributed by atoms with Crippen LogP contribution < -0.4 is 0 Å². The van der Waals surface area contributed by atoms with Crippen molar-refractivity contribution in [3.63, 3.8) is 0 Å². The van der Waals surface area contributed by atoms with Gasteiger partial charge in [-0.2, -0.15) is 4.98 Å². The maximum absolute atomic E-state index is 11.4. The van der Waals surface area contributed by atoms with Crippen molar-refractivity contribution in [3.05, 3.63) is 23.3 Å². The highest BCUT2D eigenvalue weighted by molar-refractivity contribution is 5.85. The van der Waals surface area contributed by atoms with E-state index in [2.05, 4.69) is 19.8 Å². The van der Waals surface area contributed by atoms with Crippen LogP contribution in [0.3, 0.4) is 0 Å². The Kier molecular flexibility index (Phi) is 2.28. The van der Waals surface area contributed by atoms with E-state index in [1.807, 2.05) is 6.20 Å². The molecule has 0 aromatic carbocycles. The molecule has 0 amide bonds. The fraction of sp³-hybridized carbons (Fsp3) is 0.455. The van der Waals surface area contributed by atoms with Crippen LogP contribution >= 0.6 is 0 Å². The molecule has 2 heterocycles. The quantitative estimate of drug-likeness (QED) is 0.680. The smallest absolute Gasteiger partial charge is 0.378 e. The van der Waals surface area contributed by atoms with Crippen molar-refractivity contribution in [1.82, 2.24) is 19.6 Å². The number of rotatable bonds is 1. The number of methoxy groups -OCH3 is 1. The van der Waals surface area contributed by atoms with Gasteiger partial charge in [-0.1, -0.05) is 0 Å². The summed E-state index contributed by atoms with van der Waals surface area (Å²) in [4.78, 5) is 19.6. The molecule has 3 rings (SSSR count). The molecule has 0 unspecified atom stereocenters. The van der Waals surface area contributed by atoms with Crippen LogP contribution in [0.4, 0.5) is 0 Å². The zero-order valence-electron chi connectivity index (χ0n) is 9.51. The van der Waals surface area contributed by atoms with Crippen molar-refractivity contribution in [2.24, 2.45) is 0 Å². The van der Waals surface area contributed by atoms with Gasteiger partial charge in [-0.25, -0.2) is 14.3 Å². The predicted octanol–water partition coefficient (Wildman–Crippen LogP) is 0.790. The van der Waals surface area contributed by atoms with E-state index < -0.39 is 5.97 Å². The highest BCUT2D eigenvalue weighted by Crippen LogP contribution is 2.20. The number of carbonyl (C=O) groups is 1. The number of aromatic nitrogens is 4. The SMILES string of the molecule is COC(=O)c1nc2ncc3c(n2n1)CCCC3. The van der Waals surface area contributed by atoms with Crippen molar-refractivity contribution >= 4 is 11.7 Å². The Labute approximate surface area is 97.6 Å². The van der Waals surface area contributed by atoms with Gasteiger partial charge in [0, 0.05) is 6.20 Å². The number of aryl methyl sites for hydroxylation is 2. The Morgan fingerprint density at radius 2 is 2.24 bits per heavy atom. The van der Waals surface area contributed by atoms with Gasteiger partial charge in [-0.3, -0.25) is 0 Å². The van der Waals surface area contributed by atoms with Gasteiger partial charge in [0.25, 0.3) is 11.6 Å². The number of hydrogen-bond acceptors (Lipinski definition) is 5. The zero-order valence-corrected chi connectivity index (χ0v) is 9.51. The Balaban J connectivity index is 2.18. The molecule has 0 radical (unpaired) electrons. The molecule has 6 heteroatoms. The largest absolute Gasteiger partial charge is 0.463 e. The van der Waals surface area contributed by atoms with E-state index in [1.54, 1.807) is 4.52 Å². The number of nitrogens with zero attached hydrogens (tertiary/aromatic N) is 4. The normalized spacial score (nSPS) is 14.6. The molecule has 1 aliphatic rings. The van der Waals surface area contributed by atoms with Gasteiger partial charge in [0.1, 0.15) is 0 Å². The van der Waals surface area contributed by atoms with Crippen molar-refractivity contribution in [2.75, 3.05) is 7.11 Å². The Morgan fingerprint density at radius 3 is 3.06 bits per heavy atom. The molecule has 6 nitrogen and oxygen atoms in total. The van der Waals surface area contributed by atoms with E-state index in [0.717, 1.165) is 25.0 Å². The van der Waals surface area contributed by atoms with Gasteiger partial charge in [0.15, 0.2) is 0 Å². The molecule has 0 saturated carbocycles. The molecule has 0 N–H and O–H groups in total. The summed E-state index contributed by atoms with van der Waals surface area (Å²) in [6.45, 7) is 0. The monoisotopic (exact) mass is 232 g/mol. The zero-order chi connectivity index (χ0) is 11.8. The third kappa shape index (κ3) is 1.56. The third-order valence-corrected chi connectivity index (χ3v) is 3.03. The van der Waals surface area contributed by atoms with Crippen molar-refractivity contribution in [2.45, 2.75) is 25.7 Å². The summed E-state index contributed by atoms with van der Waals surface area (Å²) in [7, 11) is 1.32. The lowest BCUT2D eigenvalue weighted by Crippen LogP contribution is -2.11. The molecule has 1 aliphatic carbocycles. The molecule has 0 bridgehead atoms. The standard InChI is InChI=1S/C11H12N4O2/c1-17-10(16)9-13-11-12-6-7-4-2-3-5-8(7)15(11)14-9/h6H,2-5H2,1H3. The lowest BCUT2D eigenvalue weighted by Gasteiger charge is -2.14. The third-order valence-electron chi connectivity index (χ3n) is 3.03. The fourth-order valence-corrected chi connectivity index (χ4v) is 2.18. The number of esters is 1. The summed E-state index contributed by atoms with van der Waals surface area (Å²) in [6.07, 6.45) is 6.13. The van der Waals surface area contributed by atoms with Crippen LogP contribution in [0.15, 0.2) is 6.20 Å². The van der Waals surface area contributed by atoms with Crippen molar-refractivity contribution in [1.29, 1.82) is 0 Å². The summed E-state index contributed by atoms with van der Waals surface area (Å²) < 4.78 is 6.27. The highest BCUT2D eigenvalue weighted by atomic mass is 16.5. The van der Waals surface area contributed by atoms with Crippen molar-refractivity contribution < 1.29 is 9.53 Å². The van der Waals surface area contributed by atoms with E-state index in [4.69, 9.17) is 0 Å². The number of carbonyl (C=O) groups excluding carboxylic acids is 1. The van der Waals surface area contributed by atoms with Crippen LogP contribution in [0.2, 0.25) is 0 Å². The molecule has 88 valence electrons. The minimum atomic E-state index is -0.528. The summed E-state index contributed by atoms with van der Waals surface area (Å²) in [5.74, 6) is 0.00471. The summed E-state index contributed by atoms with van der Waals surface area (Å²) in [6, 6.07) is 0. The minimum Gasteiger partial charge on any atom is -0.463 e. The maximum atomic E-state index is 11.4. The second-order valence-corrected chi connectivity index (χ2v) is 4.08. The summed E-state index contributed by atoms with van der Waals surface area (Å²) in [5.41, 5.74) is 2.31. The van der Waals surface area contributed by atoms with Crippen LogP contribution in [0.25, 0.3) is 5.78 Å². The van der Waals surface area contributed by atoms with Gasteiger partial charge in [0.05, 0.1) is 12.8 Å². The molecule has 17 heavy (non-hydrogen) atoms. The lowest BCUT2D eigenvalue weighted by atomic mass is 9.98. The van der Waals surface area contributed by atoms with Gasteiger partial charge >= 0.3 is 5.97 Å². The maximum Gasteiger partial charge on any atom is 0.378 e. The number of hydrogen-bond donors (Lipinski definition) is 0. The molecule has 0 atom stereocenters. The Bertz CT molecular complexity index is 590. The fourth-order valence-electron chi connectivity index (χ4n) is 2.18. The first-order chi connectivity index (χ1) is 8.29. The molecule has 0 saturated heterocycles. The second kappa shape index (κ2) is 3.80. The van der Waals surface area contributed by atoms with E-state index in [-0.39, 0.29) is 5.82 Å². The first-order valence-electron chi connectivity index (χ1n) is 5.61. The van der Waals surface area contributed by atoms with Gasteiger partial charge < -0.3 is 4.74 Å². The number of ether oxygens (including phenoxy) is 1. The minimum absolute atomic E-state index is 0.0685. The van der Waals surface area contributed by atoms with E-state index in [1.165, 1.54) is 19.1 Å². The van der Waals surface area contributed by atoms with Gasteiger partial charge in [0.2, 0.25) is 0 Å². The summed E-state index contributed by atoms with van der Waals surface area (Å²) >= 11 is 0. The molecule has 2 aromatic rings. The van der Waals surface area contributed by atoms with Crippen molar-refractivity contribution in [3.8, 4) is 0 Å². The average molecular weight is 232 g/mol. The number of fused-ring (bicyclic) bond motifs is 3. The van der Waals surface area contributed by atoms with Crippen LogP contribution in [-0.4, -0.2) is 32.7 Å². The topological polar surface area (TPSA) is 69.4 Å². The molecule has 0 aliphatic heterocycles. The first-order valence-corrected chi connectivity index (χ1v) is 5.61. The predicted molar refractivity (Wildman–Crippen MR) is 58.8 cm³/mol. The van der Waals surface area contributed by atoms with Crippen LogP contribution in [0, 0.1) is 0 Å². The Morgan fingerprint density at radius 1 is 1.41 bits per heavy atom.